The van der Waals surface area contributed by atoms with Gasteiger partial charge in [0.2, 0.25) is 0 Å². The third-order valence-corrected chi connectivity index (χ3v) is 17.7. The van der Waals surface area contributed by atoms with Crippen LogP contribution < -0.4 is 11.2 Å². The number of nitrogens with one attached hydrogen (secondary N) is 1. The number of aliphatic hydroxyl groups is 1. The van der Waals surface area contributed by atoms with E-state index < -0.39 is 52.4 Å². The van der Waals surface area contributed by atoms with E-state index in [-0.39, 0.29) is 35.2 Å². The van der Waals surface area contributed by atoms with E-state index in [0.29, 0.717) is 0 Å². The Morgan fingerprint density at radius 1 is 1.11 bits per heavy atom. The zero-order valence-corrected chi connectivity index (χ0v) is 24.2. The Hall–Kier alpha value is -1.35. The zero-order chi connectivity index (χ0) is 26.3. The minimum absolute atomic E-state index is 0.0667. The molecule has 0 amide bonds. The average Bonchev–Trinajstić information content (AvgIpc) is 2.98. The first kappa shape index (κ1) is 28.2. The molecule has 35 heavy (non-hydrogen) atoms. The molecule has 0 radical (unpaired) electrons. The van der Waals surface area contributed by atoms with Gasteiger partial charge in [0.05, 0.1) is 6.61 Å². The molecule has 2 aliphatic rings. The van der Waals surface area contributed by atoms with Crippen molar-refractivity contribution >= 4 is 17.1 Å². The molecule has 11 heteroatoms. The minimum Gasteiger partial charge on any atom is -0.414 e. The van der Waals surface area contributed by atoms with Crippen LogP contribution in [0, 0.1) is 0 Å². The lowest BCUT2D eigenvalue weighted by Crippen LogP contribution is -2.67. The summed E-state index contributed by atoms with van der Waals surface area (Å²) in [6.07, 6.45) is 0.499. The molecule has 3 heterocycles. The Morgan fingerprint density at radius 3 is 2.17 bits per heavy atom. The molecular formula is C24H42N2O7Si2. The molecule has 2 fully saturated rings. The number of fused-ring (bicyclic) bond motifs is 1. The van der Waals surface area contributed by atoms with Gasteiger partial charge in [-0.25, -0.2) is 4.79 Å². The lowest BCUT2D eigenvalue weighted by molar-refractivity contribution is -0.107. The highest BCUT2D eigenvalue weighted by Gasteiger charge is 2.65. The van der Waals surface area contributed by atoms with Gasteiger partial charge in [0.1, 0.15) is 17.8 Å². The van der Waals surface area contributed by atoms with E-state index in [1.54, 1.807) is 6.08 Å². The molecule has 0 bridgehead atoms. The molecule has 0 aliphatic carbocycles. The Bertz CT molecular complexity index is 1010. The predicted molar refractivity (Wildman–Crippen MR) is 139 cm³/mol. The van der Waals surface area contributed by atoms with Gasteiger partial charge in [0.25, 0.3) is 5.56 Å². The Labute approximate surface area is 210 Å². The maximum atomic E-state index is 12.7. The number of H-pyrrole nitrogens is 1. The predicted octanol–water partition coefficient (Wildman–Crippen LogP) is 3.70. The van der Waals surface area contributed by atoms with E-state index in [1.165, 1.54) is 16.8 Å². The van der Waals surface area contributed by atoms with Crippen LogP contribution in [0.5, 0.6) is 0 Å². The fraction of sp³-hybridized carbons (Fsp3) is 0.750. The van der Waals surface area contributed by atoms with Gasteiger partial charge in [-0.2, -0.15) is 0 Å². The highest BCUT2D eigenvalue weighted by Crippen LogP contribution is 2.51. The Kier molecular flexibility index (Phi) is 8.22. The van der Waals surface area contributed by atoms with Crippen LogP contribution in [-0.4, -0.2) is 56.2 Å². The van der Waals surface area contributed by atoms with Gasteiger partial charge in [-0.1, -0.05) is 61.5 Å². The first-order chi connectivity index (χ1) is 16.2. The first-order valence-electron chi connectivity index (χ1n) is 12.6. The van der Waals surface area contributed by atoms with E-state index in [9.17, 15) is 14.7 Å². The highest BCUT2D eigenvalue weighted by molar-refractivity contribution is 6.84. The standard InChI is InChI=1S/C24H42N2O7Si2/c1-10-12-24(29)21-19(31-22(24)26-13-11-20(27)25-23(26)28)14-30-34(15(2)3,16(4)5)33-35(32-21,17(6)7)18(8)9/h10-11,13,15-19,21-22,29H,1,12,14H2,2-9H3,(H,25,27,28)/t19-,21-,22-,24+/m1/s1. The quantitative estimate of drug-likeness (QED) is 0.411. The molecule has 0 unspecified atom stereocenters. The molecule has 0 spiro atoms. The number of rotatable bonds is 7. The van der Waals surface area contributed by atoms with Crippen molar-refractivity contribution in [3.05, 3.63) is 45.8 Å². The molecule has 1 aromatic heterocycles. The summed E-state index contributed by atoms with van der Waals surface area (Å²) in [5.41, 5.74) is -2.35. The van der Waals surface area contributed by atoms with Gasteiger partial charge in [0, 0.05) is 18.7 Å². The van der Waals surface area contributed by atoms with Gasteiger partial charge < -0.3 is 22.8 Å². The summed E-state index contributed by atoms with van der Waals surface area (Å²) in [5, 5.41) is 12.1. The molecule has 4 atom stereocenters. The monoisotopic (exact) mass is 526 g/mol. The molecule has 2 aliphatic heterocycles. The van der Waals surface area contributed by atoms with Gasteiger partial charge in [-0.15, -0.1) is 6.58 Å². The van der Waals surface area contributed by atoms with Crippen LogP contribution in [-0.2, 0) is 17.7 Å². The fourth-order valence-electron chi connectivity index (χ4n) is 5.61. The molecule has 0 aromatic carbocycles. The van der Waals surface area contributed by atoms with Gasteiger partial charge in [-0.05, 0) is 22.2 Å². The summed E-state index contributed by atoms with van der Waals surface area (Å²) in [7, 11) is -5.81. The van der Waals surface area contributed by atoms with Crippen molar-refractivity contribution in [1.82, 2.24) is 9.55 Å². The largest absolute Gasteiger partial charge is 0.414 e. The molecular weight excluding hydrogens is 484 g/mol. The van der Waals surface area contributed by atoms with Crippen molar-refractivity contribution in [1.29, 1.82) is 0 Å². The van der Waals surface area contributed by atoms with Crippen LogP contribution in [0.15, 0.2) is 34.5 Å². The van der Waals surface area contributed by atoms with Crippen molar-refractivity contribution in [2.45, 2.75) is 108 Å². The smallest absolute Gasteiger partial charge is 0.335 e. The zero-order valence-electron chi connectivity index (χ0n) is 22.2. The molecule has 0 saturated carbocycles. The summed E-state index contributed by atoms with van der Waals surface area (Å²) < 4.78 is 28.5. The van der Waals surface area contributed by atoms with Crippen molar-refractivity contribution in [3.8, 4) is 0 Å². The average molecular weight is 527 g/mol. The van der Waals surface area contributed by atoms with Crippen molar-refractivity contribution in [2.24, 2.45) is 0 Å². The normalized spacial score (nSPS) is 30.5. The number of aromatic amines is 1. The summed E-state index contributed by atoms with van der Waals surface area (Å²) >= 11 is 0. The third kappa shape index (κ3) is 4.72. The van der Waals surface area contributed by atoms with Crippen molar-refractivity contribution in [2.75, 3.05) is 6.61 Å². The van der Waals surface area contributed by atoms with Crippen molar-refractivity contribution in [3.63, 3.8) is 0 Å². The lowest BCUT2D eigenvalue weighted by Gasteiger charge is -2.52. The highest BCUT2D eigenvalue weighted by atomic mass is 28.5. The number of hydrogen-bond acceptors (Lipinski definition) is 7. The van der Waals surface area contributed by atoms with Gasteiger partial charge >= 0.3 is 22.8 Å². The molecule has 198 valence electrons. The van der Waals surface area contributed by atoms with Crippen LogP contribution in [0.3, 0.4) is 0 Å². The summed E-state index contributed by atoms with van der Waals surface area (Å²) in [6.45, 7) is 21.0. The topological polar surface area (TPSA) is 112 Å². The second-order valence-electron chi connectivity index (χ2n) is 11.0. The first-order valence-corrected chi connectivity index (χ1v) is 16.5. The molecule has 3 rings (SSSR count). The van der Waals surface area contributed by atoms with Gasteiger partial charge in [0.15, 0.2) is 6.23 Å². The van der Waals surface area contributed by atoms with E-state index >= 15 is 0 Å². The second-order valence-corrected chi connectivity index (χ2v) is 19.9. The SMILES string of the molecule is C=CC[C@]1(O)[C@@H]2O[Si](C(C)C)(C(C)C)O[Si](C(C)C)(C(C)C)OC[C@H]2O[C@H]1n1ccc(=O)[nH]c1=O. The molecule has 2 N–H and O–H groups in total. The van der Waals surface area contributed by atoms with E-state index in [0.717, 1.165) is 0 Å². The lowest BCUT2D eigenvalue weighted by atomic mass is 9.90. The maximum absolute atomic E-state index is 12.7. The fourth-order valence-corrected chi connectivity index (χ4v) is 16.9. The van der Waals surface area contributed by atoms with Crippen LogP contribution in [0.2, 0.25) is 22.2 Å². The molecule has 2 saturated heterocycles. The van der Waals surface area contributed by atoms with E-state index in [2.05, 4.69) is 67.0 Å². The molecule has 1 aromatic rings. The van der Waals surface area contributed by atoms with Crippen LogP contribution >= 0.6 is 0 Å². The Morgan fingerprint density at radius 2 is 1.69 bits per heavy atom. The second kappa shape index (κ2) is 10.2. The maximum Gasteiger partial charge on any atom is 0.335 e. The summed E-state index contributed by atoms with van der Waals surface area (Å²) in [5.74, 6) is 0. The van der Waals surface area contributed by atoms with Crippen LogP contribution in [0.4, 0.5) is 0 Å². The van der Waals surface area contributed by atoms with Crippen LogP contribution in [0.1, 0.15) is 68.0 Å². The van der Waals surface area contributed by atoms with E-state index in [4.69, 9.17) is 17.7 Å². The number of nitrogens with zero attached hydrogens (tertiary/aromatic N) is 1. The number of aromatic nitrogens is 2. The third-order valence-electron chi connectivity index (χ3n) is 7.46. The van der Waals surface area contributed by atoms with Gasteiger partial charge in [-0.3, -0.25) is 14.3 Å². The summed E-state index contributed by atoms with van der Waals surface area (Å²) in [4.78, 5) is 26.6. The summed E-state index contributed by atoms with van der Waals surface area (Å²) in [6, 6.07) is 1.23. The van der Waals surface area contributed by atoms with Crippen LogP contribution in [0.25, 0.3) is 0 Å². The Balaban J connectivity index is 2.21. The molecule has 9 nitrogen and oxygen atoms in total. The minimum atomic E-state index is -3.02. The van der Waals surface area contributed by atoms with Crippen molar-refractivity contribution < 1.29 is 22.8 Å². The number of ether oxygens (including phenoxy) is 1. The number of hydrogen-bond donors (Lipinski definition) is 2. The van der Waals surface area contributed by atoms with E-state index in [1.807, 2.05) is 0 Å².